The van der Waals surface area contributed by atoms with Crippen LogP contribution in [0.1, 0.15) is 32.8 Å². The van der Waals surface area contributed by atoms with E-state index in [0.717, 1.165) is 6.42 Å². The van der Waals surface area contributed by atoms with Crippen molar-refractivity contribution in [2.75, 3.05) is 18.4 Å². The number of anilines is 1. The Balaban J connectivity index is 2.03. The number of H-pyrrole nitrogens is 1. The Kier molecular flexibility index (Phi) is 7.64. The number of amides is 3. The molecule has 6 N–H and O–H groups in total. The van der Waals surface area contributed by atoms with Crippen LogP contribution in [0.3, 0.4) is 0 Å². The van der Waals surface area contributed by atoms with Gasteiger partial charge in [0, 0.05) is 47.2 Å². The van der Waals surface area contributed by atoms with Crippen LogP contribution in [0.25, 0.3) is 22.2 Å². The van der Waals surface area contributed by atoms with Crippen LogP contribution in [-0.4, -0.2) is 46.2 Å². The van der Waals surface area contributed by atoms with E-state index in [2.05, 4.69) is 30.9 Å². The summed E-state index contributed by atoms with van der Waals surface area (Å²) >= 11 is 0. The maximum absolute atomic E-state index is 13.0. The second kappa shape index (κ2) is 10.3. The van der Waals surface area contributed by atoms with Crippen LogP contribution in [-0.2, 0) is 10.3 Å². The van der Waals surface area contributed by atoms with Crippen LogP contribution in [0.5, 0.6) is 0 Å². The highest BCUT2D eigenvalue weighted by molar-refractivity contribution is 5.98. The highest BCUT2D eigenvalue weighted by Gasteiger charge is 2.44. The van der Waals surface area contributed by atoms with E-state index in [0.29, 0.717) is 34.4 Å². The Hall–Kier alpha value is -3.67. The van der Waals surface area contributed by atoms with Crippen molar-refractivity contribution in [2.45, 2.75) is 38.9 Å². The topological polar surface area (TPSA) is 138 Å². The van der Waals surface area contributed by atoms with Crippen LogP contribution in [0, 0.1) is 5.92 Å². The molecule has 3 aromatic rings. The van der Waals surface area contributed by atoms with E-state index in [1.54, 1.807) is 32.2 Å². The first-order valence-corrected chi connectivity index (χ1v) is 11.1. The summed E-state index contributed by atoms with van der Waals surface area (Å²) in [7, 11) is 0. The van der Waals surface area contributed by atoms with E-state index in [4.69, 9.17) is 5.73 Å². The standard InChI is InChI=1S/C23H28F3N7O2/c1-4-5-29-21(35)33-16-7-17-18(11-31-19(17)30-10-16)14-6-15(9-28-8-14)23(13(2)3,20(27)34)32-12-22(24,25)26/h6-11,13,32H,4-5,12H2,1-3H3,(H2,27,34)(H,30,31)(H2,29,33,35)/t23-/m1/s1. The Labute approximate surface area is 200 Å². The Bertz CT molecular complexity index is 1210. The number of aromatic nitrogens is 3. The Morgan fingerprint density at radius 3 is 2.54 bits per heavy atom. The lowest BCUT2D eigenvalue weighted by Gasteiger charge is -2.36. The quantitative estimate of drug-likeness (QED) is 0.311. The lowest BCUT2D eigenvalue weighted by molar-refractivity contribution is -0.139. The van der Waals surface area contributed by atoms with Crippen molar-refractivity contribution in [1.82, 2.24) is 25.6 Å². The number of nitrogens with zero attached hydrogens (tertiary/aromatic N) is 2. The van der Waals surface area contributed by atoms with E-state index < -0.39 is 30.1 Å². The lowest BCUT2D eigenvalue weighted by atomic mass is 9.79. The summed E-state index contributed by atoms with van der Waals surface area (Å²) in [6.07, 6.45) is 2.27. The van der Waals surface area contributed by atoms with Crippen LogP contribution in [0.2, 0.25) is 0 Å². The number of fused-ring (bicyclic) bond motifs is 1. The molecule has 3 amide bonds. The number of rotatable bonds is 9. The minimum atomic E-state index is -4.55. The second-order valence-corrected chi connectivity index (χ2v) is 8.46. The van der Waals surface area contributed by atoms with Crippen molar-refractivity contribution in [3.63, 3.8) is 0 Å². The molecule has 12 heteroatoms. The number of carbonyl (C=O) groups excluding carboxylic acids is 2. The first-order valence-electron chi connectivity index (χ1n) is 11.1. The summed E-state index contributed by atoms with van der Waals surface area (Å²) in [5.74, 6) is -1.55. The van der Waals surface area contributed by atoms with Crippen molar-refractivity contribution < 1.29 is 22.8 Å². The number of primary amides is 1. The number of halogens is 3. The molecule has 3 heterocycles. The van der Waals surface area contributed by atoms with E-state index in [1.165, 1.54) is 18.6 Å². The third-order valence-electron chi connectivity index (χ3n) is 5.65. The Morgan fingerprint density at radius 1 is 1.17 bits per heavy atom. The molecule has 0 radical (unpaired) electrons. The molecule has 0 unspecified atom stereocenters. The first-order chi connectivity index (χ1) is 16.5. The van der Waals surface area contributed by atoms with Crippen molar-refractivity contribution in [3.8, 4) is 11.1 Å². The van der Waals surface area contributed by atoms with E-state index in [1.807, 2.05) is 6.92 Å². The smallest absolute Gasteiger partial charge is 0.368 e. The number of alkyl halides is 3. The predicted octanol–water partition coefficient (Wildman–Crippen LogP) is 3.64. The van der Waals surface area contributed by atoms with Crippen molar-refractivity contribution in [1.29, 1.82) is 0 Å². The van der Waals surface area contributed by atoms with Crippen molar-refractivity contribution >= 4 is 28.7 Å². The van der Waals surface area contributed by atoms with E-state index in [-0.39, 0.29) is 11.6 Å². The molecule has 1 atom stereocenters. The number of carbonyl (C=O) groups is 2. The van der Waals surface area contributed by atoms with Gasteiger partial charge in [-0.3, -0.25) is 15.1 Å². The molecule has 0 saturated carbocycles. The first kappa shape index (κ1) is 25.9. The summed E-state index contributed by atoms with van der Waals surface area (Å²) in [6, 6.07) is 2.93. The number of pyridine rings is 2. The fourth-order valence-corrected chi connectivity index (χ4v) is 3.92. The summed E-state index contributed by atoms with van der Waals surface area (Å²) in [4.78, 5) is 36.1. The van der Waals surface area contributed by atoms with Gasteiger partial charge in [-0.15, -0.1) is 0 Å². The number of nitrogens with one attached hydrogen (secondary N) is 4. The fraction of sp³-hybridized carbons (Fsp3) is 0.391. The number of hydrogen-bond acceptors (Lipinski definition) is 5. The van der Waals surface area contributed by atoms with Gasteiger partial charge in [-0.25, -0.2) is 9.78 Å². The number of nitrogens with two attached hydrogens (primary N) is 1. The van der Waals surface area contributed by atoms with Gasteiger partial charge in [0.15, 0.2) is 0 Å². The average Bonchev–Trinajstić information content (AvgIpc) is 3.20. The molecule has 0 spiro atoms. The summed E-state index contributed by atoms with van der Waals surface area (Å²) in [5, 5.41) is 8.40. The molecule has 3 rings (SSSR count). The van der Waals surface area contributed by atoms with E-state index in [9.17, 15) is 22.8 Å². The molecular formula is C23H28F3N7O2. The van der Waals surface area contributed by atoms with Gasteiger partial charge < -0.3 is 21.4 Å². The van der Waals surface area contributed by atoms with Crippen LogP contribution in [0.4, 0.5) is 23.7 Å². The molecule has 0 saturated heterocycles. The lowest BCUT2D eigenvalue weighted by Crippen LogP contribution is -2.58. The van der Waals surface area contributed by atoms with Crippen LogP contribution >= 0.6 is 0 Å². The van der Waals surface area contributed by atoms with Gasteiger partial charge >= 0.3 is 12.2 Å². The number of aromatic amines is 1. The van der Waals surface area contributed by atoms with Gasteiger partial charge in [0.05, 0.1) is 18.4 Å². The SMILES string of the molecule is CCCNC(=O)Nc1cnc2[nH]cc(-c3cncc([C@@](NCC(F)(F)F)(C(N)=O)C(C)C)c3)c2c1. The zero-order chi connectivity index (χ0) is 25.8. The maximum Gasteiger partial charge on any atom is 0.401 e. The van der Waals surface area contributed by atoms with Gasteiger partial charge in [0.25, 0.3) is 0 Å². The highest BCUT2D eigenvalue weighted by atomic mass is 19.4. The summed E-state index contributed by atoms with van der Waals surface area (Å²) in [5.41, 5.74) is 6.20. The third-order valence-corrected chi connectivity index (χ3v) is 5.65. The zero-order valence-electron chi connectivity index (χ0n) is 19.6. The molecule has 35 heavy (non-hydrogen) atoms. The predicted molar refractivity (Wildman–Crippen MR) is 126 cm³/mol. The van der Waals surface area contributed by atoms with Crippen LogP contribution in [0.15, 0.2) is 36.9 Å². The normalized spacial score (nSPS) is 13.6. The summed E-state index contributed by atoms with van der Waals surface area (Å²) in [6.45, 7) is 4.28. The van der Waals surface area contributed by atoms with Gasteiger partial charge in [-0.2, -0.15) is 13.2 Å². The minimum absolute atomic E-state index is 0.206. The maximum atomic E-state index is 13.0. The van der Waals surface area contributed by atoms with Crippen molar-refractivity contribution in [2.24, 2.45) is 11.7 Å². The van der Waals surface area contributed by atoms with Gasteiger partial charge in [-0.05, 0) is 24.5 Å². The van der Waals surface area contributed by atoms with Gasteiger partial charge in [-0.1, -0.05) is 20.8 Å². The molecule has 0 bridgehead atoms. The molecule has 9 nitrogen and oxygen atoms in total. The minimum Gasteiger partial charge on any atom is -0.368 e. The molecular weight excluding hydrogens is 463 g/mol. The monoisotopic (exact) mass is 491 g/mol. The third kappa shape index (κ3) is 5.70. The average molecular weight is 492 g/mol. The van der Waals surface area contributed by atoms with Gasteiger partial charge in [0.2, 0.25) is 5.91 Å². The van der Waals surface area contributed by atoms with Gasteiger partial charge in [0.1, 0.15) is 11.2 Å². The highest BCUT2D eigenvalue weighted by Crippen LogP contribution is 2.35. The number of hydrogen-bond donors (Lipinski definition) is 5. The zero-order valence-corrected chi connectivity index (χ0v) is 19.6. The van der Waals surface area contributed by atoms with Crippen molar-refractivity contribution in [3.05, 3.63) is 42.5 Å². The summed E-state index contributed by atoms with van der Waals surface area (Å²) < 4.78 is 39.1. The largest absolute Gasteiger partial charge is 0.401 e. The second-order valence-electron chi connectivity index (χ2n) is 8.46. The number of urea groups is 1. The molecule has 3 aromatic heterocycles. The van der Waals surface area contributed by atoms with Crippen LogP contribution < -0.4 is 21.7 Å². The molecule has 0 aliphatic heterocycles. The molecule has 0 aliphatic carbocycles. The molecule has 0 fully saturated rings. The fourth-order valence-electron chi connectivity index (χ4n) is 3.92. The Morgan fingerprint density at radius 2 is 1.91 bits per heavy atom. The van der Waals surface area contributed by atoms with E-state index >= 15 is 0 Å². The molecule has 0 aliphatic rings. The molecule has 188 valence electrons. The molecule has 0 aromatic carbocycles.